The number of rotatable bonds is 3. The second-order valence-corrected chi connectivity index (χ2v) is 1.08. The van der Waals surface area contributed by atoms with Crippen molar-refractivity contribution in [3.05, 3.63) is 0 Å². The van der Waals surface area contributed by atoms with Crippen molar-refractivity contribution >= 4 is 6.29 Å². The van der Waals surface area contributed by atoms with E-state index in [4.69, 9.17) is 5.11 Å². The quantitative estimate of drug-likeness (QED) is 0.450. The Morgan fingerprint density at radius 3 is 2.71 bits per heavy atom. The van der Waals surface area contributed by atoms with E-state index in [9.17, 15) is 4.79 Å². The van der Waals surface area contributed by atoms with Crippen molar-refractivity contribution in [3.8, 4) is 0 Å². The third kappa shape index (κ3) is 3.42. The zero-order valence-corrected chi connectivity index (χ0v) is 4.14. The molecule has 0 spiro atoms. The van der Waals surface area contributed by atoms with Gasteiger partial charge in [0.15, 0.2) is 6.23 Å². The largest absolute Gasteiger partial charge is 0.371 e. The summed E-state index contributed by atoms with van der Waals surface area (Å²) in [4.78, 5) is 9.46. The average molecular weight is 102 g/mol. The van der Waals surface area contributed by atoms with Crippen LogP contribution in [0.1, 0.15) is 6.92 Å². The van der Waals surface area contributed by atoms with Crippen LogP contribution in [0.5, 0.6) is 0 Å². The molecule has 3 nitrogen and oxygen atoms in total. The van der Waals surface area contributed by atoms with Gasteiger partial charge in [0.05, 0.1) is 0 Å². The molecule has 0 rings (SSSR count). The van der Waals surface area contributed by atoms with Crippen LogP contribution in [-0.4, -0.2) is 24.2 Å². The molecule has 0 saturated carbocycles. The summed E-state index contributed by atoms with van der Waals surface area (Å²) in [6, 6.07) is 0. The van der Waals surface area contributed by atoms with Crippen molar-refractivity contribution in [1.82, 2.24) is 5.32 Å². The second-order valence-electron chi connectivity index (χ2n) is 1.08. The average Bonchev–Trinajstić information content (AvgIpc) is 1.68. The van der Waals surface area contributed by atoms with E-state index in [-0.39, 0.29) is 0 Å². The minimum Gasteiger partial charge on any atom is -0.371 e. The molecule has 0 aromatic carbocycles. The molecule has 1 atom stereocenters. The fraction of sp³-hybridized carbons (Fsp3) is 0.750. The zero-order valence-electron chi connectivity index (χ0n) is 4.14. The Balaban J connectivity index is 2.98. The maximum atomic E-state index is 9.46. The van der Waals surface area contributed by atoms with Crippen molar-refractivity contribution in [2.24, 2.45) is 0 Å². The molecule has 1 radical (unpaired) electrons. The fourth-order valence-corrected chi connectivity index (χ4v) is 0.235. The molecule has 7 heavy (non-hydrogen) atoms. The summed E-state index contributed by atoms with van der Waals surface area (Å²) in [6.45, 7) is 2.37. The highest BCUT2D eigenvalue weighted by Gasteiger charge is 1.94. The van der Waals surface area contributed by atoms with E-state index in [0.717, 1.165) is 0 Å². The third-order valence-corrected chi connectivity index (χ3v) is 0.509. The Hall–Kier alpha value is -0.410. The summed E-state index contributed by atoms with van der Waals surface area (Å²) < 4.78 is 0. The van der Waals surface area contributed by atoms with Crippen molar-refractivity contribution in [2.45, 2.75) is 13.2 Å². The molecule has 0 fully saturated rings. The van der Waals surface area contributed by atoms with Crippen LogP contribution in [0.25, 0.3) is 0 Å². The molecule has 1 unspecified atom stereocenters. The van der Waals surface area contributed by atoms with E-state index in [1.54, 1.807) is 6.92 Å². The maximum absolute atomic E-state index is 9.46. The first-order valence-electron chi connectivity index (χ1n) is 2.10. The van der Waals surface area contributed by atoms with Crippen LogP contribution in [0, 0.1) is 0 Å². The zero-order chi connectivity index (χ0) is 5.70. The molecule has 0 aliphatic heterocycles. The van der Waals surface area contributed by atoms with Crippen LogP contribution in [0.2, 0.25) is 0 Å². The van der Waals surface area contributed by atoms with Crippen molar-refractivity contribution in [1.29, 1.82) is 0 Å². The van der Waals surface area contributed by atoms with Gasteiger partial charge >= 0.3 is 0 Å². The van der Waals surface area contributed by atoms with Gasteiger partial charge in [0.25, 0.3) is 0 Å². The summed E-state index contributed by atoms with van der Waals surface area (Å²) in [7, 11) is 0. The molecule has 0 aliphatic carbocycles. The molecule has 0 aromatic heterocycles. The van der Waals surface area contributed by atoms with E-state index in [1.807, 2.05) is 0 Å². The van der Waals surface area contributed by atoms with Gasteiger partial charge < -0.3 is 5.11 Å². The lowest BCUT2D eigenvalue weighted by Gasteiger charge is -1.97. The molecule has 0 amide bonds. The summed E-state index contributed by atoms with van der Waals surface area (Å²) in [5.41, 5.74) is 0. The van der Waals surface area contributed by atoms with Gasteiger partial charge in [-0.15, -0.1) is 0 Å². The third-order valence-electron chi connectivity index (χ3n) is 0.509. The van der Waals surface area contributed by atoms with E-state index in [1.165, 1.54) is 6.29 Å². The number of nitrogens with one attached hydrogen (secondary N) is 1. The van der Waals surface area contributed by atoms with Gasteiger partial charge in [-0.05, 0) is 6.54 Å². The molecule has 3 heteroatoms. The van der Waals surface area contributed by atoms with Gasteiger partial charge in [0.1, 0.15) is 0 Å². The smallest absolute Gasteiger partial charge is 0.245 e. The van der Waals surface area contributed by atoms with Crippen molar-refractivity contribution < 1.29 is 9.90 Å². The summed E-state index contributed by atoms with van der Waals surface area (Å²) in [5.74, 6) is 0. The highest BCUT2D eigenvalue weighted by Crippen LogP contribution is 1.63. The highest BCUT2D eigenvalue weighted by atomic mass is 16.3. The minimum absolute atomic E-state index is 0.580. The second kappa shape index (κ2) is 3.77. The topological polar surface area (TPSA) is 49.3 Å². The van der Waals surface area contributed by atoms with Gasteiger partial charge in [-0.25, -0.2) is 0 Å². The summed E-state index contributed by atoms with van der Waals surface area (Å²) >= 11 is 0. The summed E-state index contributed by atoms with van der Waals surface area (Å²) in [6.07, 6.45) is 0.254. The predicted molar refractivity (Wildman–Crippen MR) is 25.4 cm³/mol. The molecular formula is C4H8NO2. The van der Waals surface area contributed by atoms with E-state index in [2.05, 4.69) is 5.32 Å². The van der Waals surface area contributed by atoms with Crippen molar-refractivity contribution in [3.63, 3.8) is 0 Å². The Bertz CT molecular complexity index is 55.7. The van der Waals surface area contributed by atoms with Gasteiger partial charge in [-0.1, -0.05) is 6.92 Å². The van der Waals surface area contributed by atoms with Crippen LogP contribution in [0.15, 0.2) is 0 Å². The summed E-state index contributed by atoms with van der Waals surface area (Å²) in [5, 5.41) is 10.8. The van der Waals surface area contributed by atoms with Gasteiger partial charge in [0, 0.05) is 0 Å². The SMILES string of the molecule is CCNC(O)[C]=O. The minimum atomic E-state index is -1.11. The van der Waals surface area contributed by atoms with E-state index < -0.39 is 6.23 Å². The molecule has 0 saturated heterocycles. The van der Waals surface area contributed by atoms with Crippen LogP contribution < -0.4 is 5.32 Å². The number of carbonyl (C=O) groups excluding carboxylic acids is 1. The van der Waals surface area contributed by atoms with Gasteiger partial charge in [-0.2, -0.15) is 0 Å². The standard InChI is InChI=1S/C4H8NO2/c1-2-5-4(7)3-6/h4-5,7H,2H2,1H3. The van der Waals surface area contributed by atoms with Gasteiger partial charge in [0.2, 0.25) is 6.29 Å². The van der Waals surface area contributed by atoms with Crippen LogP contribution in [0.4, 0.5) is 0 Å². The Morgan fingerprint density at radius 1 is 2.00 bits per heavy atom. The van der Waals surface area contributed by atoms with Crippen LogP contribution in [-0.2, 0) is 4.79 Å². The lowest BCUT2D eigenvalue weighted by Crippen LogP contribution is -2.29. The van der Waals surface area contributed by atoms with E-state index >= 15 is 0 Å². The molecule has 0 aliphatic rings. The monoisotopic (exact) mass is 102 g/mol. The first kappa shape index (κ1) is 6.59. The Labute approximate surface area is 42.3 Å². The number of hydrogen-bond acceptors (Lipinski definition) is 3. The van der Waals surface area contributed by atoms with Crippen LogP contribution >= 0.6 is 0 Å². The maximum Gasteiger partial charge on any atom is 0.245 e. The first-order valence-corrected chi connectivity index (χ1v) is 2.10. The predicted octanol–water partition coefficient (Wildman–Crippen LogP) is -0.976. The lowest BCUT2D eigenvalue weighted by atomic mass is 10.6. The normalized spacial score (nSPS) is 13.4. The van der Waals surface area contributed by atoms with Crippen molar-refractivity contribution in [2.75, 3.05) is 6.54 Å². The van der Waals surface area contributed by atoms with Gasteiger partial charge in [-0.3, -0.25) is 10.1 Å². The Morgan fingerprint density at radius 2 is 2.57 bits per heavy atom. The van der Waals surface area contributed by atoms with E-state index in [0.29, 0.717) is 6.54 Å². The Kier molecular flexibility index (Phi) is 3.55. The first-order chi connectivity index (χ1) is 3.31. The number of hydrogen-bond donors (Lipinski definition) is 2. The van der Waals surface area contributed by atoms with Crippen LogP contribution in [0.3, 0.4) is 0 Å². The number of aliphatic hydroxyl groups is 1. The lowest BCUT2D eigenvalue weighted by molar-refractivity contribution is 0.200. The number of aliphatic hydroxyl groups excluding tert-OH is 1. The highest BCUT2D eigenvalue weighted by molar-refractivity contribution is 5.55. The molecule has 0 bridgehead atoms. The fourth-order valence-electron chi connectivity index (χ4n) is 0.235. The molecule has 2 N–H and O–H groups in total. The molecule has 0 aromatic rings. The molecule has 41 valence electrons. The molecule has 0 heterocycles. The number of likely N-dealkylation sites (N-methyl/N-ethyl adjacent to an activating group) is 1. The molecular weight excluding hydrogens is 94.0 g/mol.